The summed E-state index contributed by atoms with van der Waals surface area (Å²) in [4.78, 5) is 0.198. The molecule has 0 atom stereocenters. The van der Waals surface area contributed by atoms with Gasteiger partial charge in [-0.3, -0.25) is 0 Å². The van der Waals surface area contributed by atoms with Crippen molar-refractivity contribution in [1.82, 2.24) is 0 Å². The lowest BCUT2D eigenvalue weighted by Gasteiger charge is -2.06. The van der Waals surface area contributed by atoms with Gasteiger partial charge in [0.25, 0.3) is 0 Å². The second-order valence-corrected chi connectivity index (χ2v) is 6.22. The van der Waals surface area contributed by atoms with Gasteiger partial charge < -0.3 is 14.9 Å². The number of ether oxygens (including phenoxy) is 1. The molecular weight excluding hydrogens is 397 g/mol. The molecule has 2 N–H and O–H groups in total. The number of benzene rings is 2. The van der Waals surface area contributed by atoms with Crippen LogP contribution in [0.2, 0.25) is 0 Å². The lowest BCUT2D eigenvalue weighted by molar-refractivity contribution is 0.304. The SMILES string of the molecule is NC(=S)c1oc2ccccc2c1OCc1ccc(I)cc1. The van der Waals surface area contributed by atoms with E-state index >= 15 is 0 Å². The molecule has 5 heteroatoms. The normalized spacial score (nSPS) is 10.7. The molecule has 0 aliphatic heterocycles. The van der Waals surface area contributed by atoms with Crippen molar-refractivity contribution in [2.75, 3.05) is 0 Å². The predicted octanol–water partition coefficient (Wildman–Crippen LogP) is 4.25. The average molecular weight is 409 g/mol. The molecule has 0 spiro atoms. The Bertz CT molecular complexity index is 796. The number of hydrogen-bond acceptors (Lipinski definition) is 3. The number of nitrogens with two attached hydrogens (primary N) is 1. The maximum atomic E-state index is 5.91. The van der Waals surface area contributed by atoms with Gasteiger partial charge in [-0.15, -0.1) is 0 Å². The third kappa shape index (κ3) is 3.03. The Morgan fingerprint density at radius 2 is 1.86 bits per heavy atom. The molecule has 106 valence electrons. The van der Waals surface area contributed by atoms with Crippen molar-refractivity contribution in [2.45, 2.75) is 6.61 Å². The second-order valence-electron chi connectivity index (χ2n) is 4.54. The highest BCUT2D eigenvalue weighted by atomic mass is 127. The fourth-order valence-electron chi connectivity index (χ4n) is 2.06. The van der Waals surface area contributed by atoms with Crippen LogP contribution in [0.5, 0.6) is 5.75 Å². The van der Waals surface area contributed by atoms with E-state index in [0.29, 0.717) is 18.1 Å². The van der Waals surface area contributed by atoms with Crippen molar-refractivity contribution in [1.29, 1.82) is 0 Å². The monoisotopic (exact) mass is 409 g/mol. The van der Waals surface area contributed by atoms with Crippen molar-refractivity contribution >= 4 is 50.8 Å². The third-order valence-electron chi connectivity index (χ3n) is 3.07. The maximum absolute atomic E-state index is 5.91. The Kier molecular flexibility index (Phi) is 4.12. The summed E-state index contributed by atoms with van der Waals surface area (Å²) in [6, 6.07) is 15.8. The molecule has 0 amide bonds. The van der Waals surface area contributed by atoms with E-state index in [1.807, 2.05) is 48.5 Å². The minimum atomic E-state index is 0.198. The minimum absolute atomic E-state index is 0.198. The van der Waals surface area contributed by atoms with Gasteiger partial charge in [0.1, 0.15) is 17.2 Å². The van der Waals surface area contributed by atoms with E-state index in [4.69, 9.17) is 27.1 Å². The predicted molar refractivity (Wildman–Crippen MR) is 95.6 cm³/mol. The molecule has 3 nitrogen and oxygen atoms in total. The van der Waals surface area contributed by atoms with Gasteiger partial charge in [0.15, 0.2) is 5.75 Å². The Balaban J connectivity index is 1.93. The van der Waals surface area contributed by atoms with E-state index in [9.17, 15) is 0 Å². The highest BCUT2D eigenvalue weighted by molar-refractivity contribution is 14.1. The Morgan fingerprint density at radius 1 is 1.14 bits per heavy atom. The molecule has 21 heavy (non-hydrogen) atoms. The van der Waals surface area contributed by atoms with Gasteiger partial charge in [0, 0.05) is 3.57 Å². The molecule has 0 bridgehead atoms. The van der Waals surface area contributed by atoms with E-state index in [1.165, 1.54) is 3.57 Å². The summed E-state index contributed by atoms with van der Waals surface area (Å²) in [5, 5.41) is 0.880. The first-order valence-electron chi connectivity index (χ1n) is 6.34. The van der Waals surface area contributed by atoms with Crippen molar-refractivity contribution in [3.8, 4) is 5.75 Å². The molecular formula is C16H12INO2S. The number of para-hydroxylation sites is 1. The van der Waals surface area contributed by atoms with E-state index in [1.54, 1.807) is 0 Å². The summed E-state index contributed by atoms with van der Waals surface area (Å²) >= 11 is 7.31. The summed E-state index contributed by atoms with van der Waals surface area (Å²) in [5.74, 6) is 1.04. The first-order valence-corrected chi connectivity index (χ1v) is 7.82. The molecule has 0 radical (unpaired) electrons. The van der Waals surface area contributed by atoms with Gasteiger partial charge in [-0.05, 0) is 52.4 Å². The number of furan rings is 1. The van der Waals surface area contributed by atoms with Crippen LogP contribution < -0.4 is 10.5 Å². The molecule has 0 saturated carbocycles. The van der Waals surface area contributed by atoms with E-state index in [0.717, 1.165) is 16.5 Å². The summed E-state index contributed by atoms with van der Waals surface area (Å²) in [7, 11) is 0. The van der Waals surface area contributed by atoms with Crippen molar-refractivity contribution in [3.05, 3.63) is 63.4 Å². The first kappa shape index (κ1) is 14.3. The largest absolute Gasteiger partial charge is 0.484 e. The fourth-order valence-corrected chi connectivity index (χ4v) is 2.56. The Hall–Kier alpha value is -1.60. The van der Waals surface area contributed by atoms with Gasteiger partial charge in [-0.1, -0.05) is 36.5 Å². The van der Waals surface area contributed by atoms with Crippen LogP contribution in [0.15, 0.2) is 52.9 Å². The quantitative estimate of drug-likeness (QED) is 0.517. The summed E-state index contributed by atoms with van der Waals surface area (Å²) < 4.78 is 12.8. The standard InChI is InChI=1S/C16H12INO2S/c17-11-7-5-10(6-8-11)9-19-14-12-3-1-2-4-13(12)20-15(14)16(18)21/h1-8H,9H2,(H2,18,21). The van der Waals surface area contributed by atoms with Crippen LogP contribution in [0.25, 0.3) is 11.0 Å². The molecule has 0 aliphatic rings. The van der Waals surface area contributed by atoms with Gasteiger partial charge in [0.05, 0.1) is 5.39 Å². The summed E-state index contributed by atoms with van der Waals surface area (Å²) in [6.07, 6.45) is 0. The van der Waals surface area contributed by atoms with E-state index < -0.39 is 0 Å². The zero-order chi connectivity index (χ0) is 14.8. The highest BCUT2D eigenvalue weighted by Gasteiger charge is 2.17. The van der Waals surface area contributed by atoms with Crippen LogP contribution in [0.3, 0.4) is 0 Å². The minimum Gasteiger partial charge on any atom is -0.484 e. The molecule has 3 aromatic rings. The van der Waals surface area contributed by atoms with Crippen molar-refractivity contribution in [2.24, 2.45) is 5.73 Å². The average Bonchev–Trinajstić information content (AvgIpc) is 2.86. The fraction of sp³-hybridized carbons (Fsp3) is 0.0625. The number of fused-ring (bicyclic) bond motifs is 1. The third-order valence-corrected chi connectivity index (χ3v) is 3.97. The van der Waals surface area contributed by atoms with Gasteiger partial charge in [0.2, 0.25) is 5.76 Å². The lowest BCUT2D eigenvalue weighted by Crippen LogP contribution is -2.10. The molecule has 0 saturated heterocycles. The van der Waals surface area contributed by atoms with Crippen LogP contribution in [-0.4, -0.2) is 4.99 Å². The smallest absolute Gasteiger partial charge is 0.204 e. The van der Waals surface area contributed by atoms with E-state index in [2.05, 4.69) is 22.6 Å². The lowest BCUT2D eigenvalue weighted by atomic mass is 10.2. The molecule has 1 aromatic heterocycles. The molecule has 1 heterocycles. The molecule has 0 fully saturated rings. The van der Waals surface area contributed by atoms with Crippen LogP contribution in [0.4, 0.5) is 0 Å². The first-order chi connectivity index (χ1) is 10.1. The Morgan fingerprint density at radius 3 is 2.57 bits per heavy atom. The van der Waals surface area contributed by atoms with Crippen molar-refractivity contribution < 1.29 is 9.15 Å². The summed E-state index contributed by atoms with van der Waals surface area (Å²) in [6.45, 7) is 0.441. The number of rotatable bonds is 4. The molecule has 3 rings (SSSR count). The number of hydrogen-bond donors (Lipinski definition) is 1. The Labute approximate surface area is 141 Å². The van der Waals surface area contributed by atoms with Crippen LogP contribution in [0.1, 0.15) is 11.3 Å². The van der Waals surface area contributed by atoms with Gasteiger partial charge in [-0.25, -0.2) is 0 Å². The number of halogens is 1. The zero-order valence-electron chi connectivity index (χ0n) is 11.0. The molecule has 2 aromatic carbocycles. The van der Waals surface area contributed by atoms with Crippen molar-refractivity contribution in [3.63, 3.8) is 0 Å². The zero-order valence-corrected chi connectivity index (χ0v) is 14.0. The molecule has 0 unspecified atom stereocenters. The topological polar surface area (TPSA) is 48.4 Å². The second kappa shape index (κ2) is 6.03. The van der Waals surface area contributed by atoms with Crippen LogP contribution in [0, 0.1) is 3.57 Å². The van der Waals surface area contributed by atoms with Crippen LogP contribution in [-0.2, 0) is 6.61 Å². The van der Waals surface area contributed by atoms with Gasteiger partial charge in [-0.2, -0.15) is 0 Å². The maximum Gasteiger partial charge on any atom is 0.204 e. The van der Waals surface area contributed by atoms with Gasteiger partial charge >= 0.3 is 0 Å². The van der Waals surface area contributed by atoms with Crippen LogP contribution >= 0.6 is 34.8 Å². The number of thiocarbonyl (C=S) groups is 1. The summed E-state index contributed by atoms with van der Waals surface area (Å²) in [5.41, 5.74) is 7.52. The highest BCUT2D eigenvalue weighted by Crippen LogP contribution is 2.33. The molecule has 0 aliphatic carbocycles. The van der Waals surface area contributed by atoms with E-state index in [-0.39, 0.29) is 4.99 Å².